The Morgan fingerprint density at radius 3 is 2.08 bits per heavy atom. The highest BCUT2D eigenvalue weighted by atomic mass is 35.5. The summed E-state index contributed by atoms with van der Waals surface area (Å²) >= 11 is 6.18. The Hall–Kier alpha value is -5.22. The van der Waals surface area contributed by atoms with Gasteiger partial charge in [-0.15, -0.1) is 0 Å². The molecule has 2 atom stereocenters. The Morgan fingerprint density at radius 1 is 0.814 bits per heavy atom. The Morgan fingerprint density at radius 2 is 1.46 bits per heavy atom. The summed E-state index contributed by atoms with van der Waals surface area (Å²) in [5, 5.41) is 60.5. The van der Waals surface area contributed by atoms with Gasteiger partial charge in [0.15, 0.2) is 30.4 Å². The number of rotatable bonds is 13. The Balaban J connectivity index is 0.000000169. The van der Waals surface area contributed by atoms with Gasteiger partial charge in [-0.3, -0.25) is 0 Å². The minimum atomic E-state index is 0.185. The van der Waals surface area contributed by atoms with Gasteiger partial charge in [0.1, 0.15) is 17.5 Å². The molecule has 2 aliphatic heterocycles. The van der Waals surface area contributed by atoms with Crippen LogP contribution in [0.1, 0.15) is 87.5 Å². The van der Waals surface area contributed by atoms with Crippen molar-refractivity contribution in [1.82, 2.24) is 29.5 Å². The average molecular weight is 828 g/mol. The van der Waals surface area contributed by atoms with E-state index in [1.54, 1.807) is 18.3 Å². The molecule has 8 rings (SSSR count). The van der Waals surface area contributed by atoms with Crippen LogP contribution in [0.2, 0.25) is 5.02 Å². The van der Waals surface area contributed by atoms with E-state index in [4.69, 9.17) is 21.7 Å². The summed E-state index contributed by atoms with van der Waals surface area (Å²) in [6.07, 6.45) is 20.5. The lowest BCUT2D eigenvalue weighted by atomic mass is 9.99. The van der Waals surface area contributed by atoms with Crippen molar-refractivity contribution in [3.8, 4) is 0 Å². The lowest BCUT2D eigenvalue weighted by Gasteiger charge is -2.36. The minimum Gasteiger partial charge on any atom is -0.619 e. The van der Waals surface area contributed by atoms with Gasteiger partial charge in [0.25, 0.3) is 0 Å². The molecule has 0 bridgehead atoms. The molecule has 6 aromatic rings. The molecule has 316 valence electrons. The lowest BCUT2D eigenvalue weighted by Crippen LogP contribution is -2.40. The SMILES string of the molecule is CCc1cnn2c(NCc3ccc[n+]([O-])c3)cc(Cl)cc12.CCc1cnn2c(NCc3ccc[n+]([O-])c3)cc(N3CCCC[C@H]3CCO)nc12.OCC[C@@H]1CCCCN1. The molecular formula is C43H58ClN11O4. The van der Waals surface area contributed by atoms with E-state index in [1.807, 2.05) is 51.8 Å². The van der Waals surface area contributed by atoms with E-state index < -0.39 is 0 Å². The fraction of sp³-hybridized carbons (Fsp3) is 0.465. The van der Waals surface area contributed by atoms with E-state index >= 15 is 0 Å². The van der Waals surface area contributed by atoms with Crippen molar-refractivity contribution >= 4 is 40.2 Å². The molecule has 2 aliphatic rings. The van der Waals surface area contributed by atoms with Crippen LogP contribution in [0.15, 0.2) is 79.6 Å². The van der Waals surface area contributed by atoms with Crippen molar-refractivity contribution in [2.45, 2.75) is 103 Å². The Labute approximate surface area is 350 Å². The molecule has 0 saturated carbocycles. The molecule has 6 aromatic heterocycles. The molecule has 2 fully saturated rings. The summed E-state index contributed by atoms with van der Waals surface area (Å²) in [6, 6.07) is 14.0. The van der Waals surface area contributed by atoms with E-state index in [1.165, 1.54) is 44.3 Å². The third-order valence-corrected chi connectivity index (χ3v) is 11.1. The zero-order chi connectivity index (χ0) is 41.6. The van der Waals surface area contributed by atoms with Gasteiger partial charge in [-0.1, -0.05) is 31.9 Å². The van der Waals surface area contributed by atoms with Gasteiger partial charge >= 0.3 is 0 Å². The van der Waals surface area contributed by atoms with Crippen molar-refractivity contribution in [1.29, 1.82) is 0 Å². The number of aliphatic hydroxyl groups excluding tert-OH is 2. The van der Waals surface area contributed by atoms with E-state index in [0.717, 1.165) is 112 Å². The zero-order valence-electron chi connectivity index (χ0n) is 34.1. The highest BCUT2D eigenvalue weighted by Crippen LogP contribution is 2.29. The van der Waals surface area contributed by atoms with E-state index in [0.29, 0.717) is 36.8 Å². The third-order valence-electron chi connectivity index (χ3n) is 10.9. The first-order valence-electron chi connectivity index (χ1n) is 20.9. The van der Waals surface area contributed by atoms with Crippen LogP contribution < -0.4 is 30.3 Å². The molecule has 16 heteroatoms. The maximum Gasteiger partial charge on any atom is 0.185 e. The molecule has 0 radical (unpaired) electrons. The van der Waals surface area contributed by atoms with Crippen LogP contribution in [-0.2, 0) is 25.9 Å². The molecule has 0 unspecified atom stereocenters. The summed E-state index contributed by atoms with van der Waals surface area (Å²) < 4.78 is 5.26. The number of piperidine rings is 2. The largest absolute Gasteiger partial charge is 0.619 e. The fourth-order valence-electron chi connectivity index (χ4n) is 7.69. The lowest BCUT2D eigenvalue weighted by molar-refractivity contribution is -0.606. The molecular weight excluding hydrogens is 770 g/mol. The molecule has 8 heterocycles. The molecule has 2 saturated heterocycles. The molecule has 0 spiro atoms. The van der Waals surface area contributed by atoms with Crippen LogP contribution in [0.25, 0.3) is 11.2 Å². The number of pyridine rings is 3. The van der Waals surface area contributed by atoms with Crippen LogP contribution >= 0.6 is 11.6 Å². The van der Waals surface area contributed by atoms with Crippen LogP contribution in [0.5, 0.6) is 0 Å². The summed E-state index contributed by atoms with van der Waals surface area (Å²) in [7, 11) is 0. The first-order chi connectivity index (χ1) is 28.8. The van der Waals surface area contributed by atoms with Crippen LogP contribution in [0.3, 0.4) is 0 Å². The van der Waals surface area contributed by atoms with Gasteiger partial charge in [-0.2, -0.15) is 24.2 Å². The molecule has 0 aromatic carbocycles. The highest BCUT2D eigenvalue weighted by molar-refractivity contribution is 6.31. The second-order valence-electron chi connectivity index (χ2n) is 15.0. The molecule has 0 aliphatic carbocycles. The maximum atomic E-state index is 11.5. The van der Waals surface area contributed by atoms with Crippen molar-refractivity contribution in [2.75, 3.05) is 41.8 Å². The number of nitrogens with one attached hydrogen (secondary N) is 3. The summed E-state index contributed by atoms with van der Waals surface area (Å²) in [5.41, 5.74) is 5.89. The maximum absolute atomic E-state index is 11.5. The fourth-order valence-corrected chi connectivity index (χ4v) is 7.90. The number of aliphatic hydroxyl groups is 2. The van der Waals surface area contributed by atoms with Crippen molar-refractivity contribution in [3.05, 3.63) is 117 Å². The topological polar surface area (TPSA) is 181 Å². The Bertz CT molecular complexity index is 2220. The first-order valence-corrected chi connectivity index (χ1v) is 21.3. The van der Waals surface area contributed by atoms with Gasteiger partial charge < -0.3 is 41.5 Å². The van der Waals surface area contributed by atoms with E-state index in [9.17, 15) is 15.5 Å². The van der Waals surface area contributed by atoms with Gasteiger partial charge in [0.05, 0.1) is 17.9 Å². The number of fused-ring (bicyclic) bond motifs is 2. The van der Waals surface area contributed by atoms with Gasteiger partial charge in [0, 0.05) is 84.8 Å². The monoisotopic (exact) mass is 827 g/mol. The van der Waals surface area contributed by atoms with Crippen molar-refractivity contribution in [3.63, 3.8) is 0 Å². The number of nitrogens with zero attached hydrogens (tertiary/aromatic N) is 8. The van der Waals surface area contributed by atoms with Crippen LogP contribution in [-0.4, -0.2) is 72.8 Å². The van der Waals surface area contributed by atoms with E-state index in [2.05, 4.69) is 44.9 Å². The zero-order valence-corrected chi connectivity index (χ0v) is 34.9. The van der Waals surface area contributed by atoms with Crippen LogP contribution in [0.4, 0.5) is 17.5 Å². The number of aromatic nitrogens is 7. The summed E-state index contributed by atoms with van der Waals surface area (Å²) in [5.74, 6) is 2.57. The van der Waals surface area contributed by atoms with Crippen molar-refractivity contribution < 1.29 is 19.7 Å². The minimum absolute atomic E-state index is 0.185. The second kappa shape index (κ2) is 21.7. The quantitative estimate of drug-likeness (QED) is 0.0724. The normalized spacial score (nSPS) is 16.6. The third kappa shape index (κ3) is 11.7. The van der Waals surface area contributed by atoms with E-state index in [-0.39, 0.29) is 6.61 Å². The van der Waals surface area contributed by atoms with Gasteiger partial charge in [-0.05, 0) is 94.2 Å². The predicted octanol–water partition coefficient (Wildman–Crippen LogP) is 5.59. The van der Waals surface area contributed by atoms with Crippen molar-refractivity contribution in [2.24, 2.45) is 0 Å². The van der Waals surface area contributed by atoms with Gasteiger partial charge in [0.2, 0.25) is 0 Å². The smallest absolute Gasteiger partial charge is 0.185 e. The van der Waals surface area contributed by atoms with Crippen LogP contribution in [0, 0.1) is 10.4 Å². The summed E-state index contributed by atoms with van der Waals surface area (Å²) in [6.45, 7) is 7.83. The first kappa shape index (κ1) is 43.4. The number of hydrogen-bond acceptors (Lipinski definition) is 11. The number of aryl methyl sites for hydroxylation is 2. The molecule has 5 N–H and O–H groups in total. The van der Waals surface area contributed by atoms with Gasteiger partial charge in [-0.25, -0.2) is 9.50 Å². The predicted molar refractivity (Wildman–Crippen MR) is 231 cm³/mol. The molecule has 59 heavy (non-hydrogen) atoms. The molecule has 0 amide bonds. The second-order valence-corrected chi connectivity index (χ2v) is 15.4. The molecule has 15 nitrogen and oxygen atoms in total. The number of halogens is 1. The number of anilines is 3. The standard InChI is InChI=1S/C21H28N6O2.C15H15ClN4O.C7H15NO/c1-2-17-14-23-27-19(22-13-16-6-5-9-25(29)15-16)12-20(24-21(17)27)26-10-4-3-7-18(26)8-11-28;1-2-12-9-18-20-14(12)6-13(16)7-15(20)17-8-11-4-3-5-19(21)10-11;9-6-4-7-3-1-2-5-8-7/h5-6,9,12,14-15,18,22,28H,2-4,7-8,10-11,13H2,1H3;3-7,9-10,17H,2,8H2,1H3;7-9H,1-6H2/t18-;;7-/m0.0/s1. The average Bonchev–Trinajstić information content (AvgIpc) is 3.87. The number of hydrogen-bond donors (Lipinski definition) is 5. The Kier molecular flexibility index (Phi) is 15.9. The summed E-state index contributed by atoms with van der Waals surface area (Å²) in [4.78, 5) is 7.27. The highest BCUT2D eigenvalue weighted by Gasteiger charge is 2.25.